The van der Waals surface area contributed by atoms with E-state index in [1.165, 1.54) is 12.1 Å². The van der Waals surface area contributed by atoms with Crippen molar-refractivity contribution in [1.29, 1.82) is 0 Å². The van der Waals surface area contributed by atoms with Gasteiger partial charge in [-0.25, -0.2) is 14.4 Å². The molecule has 0 saturated carbocycles. The van der Waals surface area contributed by atoms with Gasteiger partial charge >= 0.3 is 0 Å². The molecule has 5 heteroatoms. The summed E-state index contributed by atoms with van der Waals surface area (Å²) in [5.74, 6) is 0.596. The fourth-order valence-corrected chi connectivity index (χ4v) is 2.66. The highest BCUT2D eigenvalue weighted by Crippen LogP contribution is 2.27. The fourth-order valence-electron chi connectivity index (χ4n) is 1.84. The van der Waals surface area contributed by atoms with Crippen LogP contribution in [0.4, 0.5) is 10.2 Å². The Hall–Kier alpha value is -2.01. The third-order valence-electron chi connectivity index (χ3n) is 2.78. The Morgan fingerprint density at radius 1 is 1.22 bits per heavy atom. The maximum absolute atomic E-state index is 13.2. The number of nitrogens with zero attached hydrogens (tertiary/aromatic N) is 2. The van der Waals surface area contributed by atoms with Crippen molar-refractivity contribution < 1.29 is 4.39 Å². The van der Waals surface area contributed by atoms with Gasteiger partial charge in [-0.2, -0.15) is 11.3 Å². The Morgan fingerprint density at radius 3 is 2.78 bits per heavy atom. The molecule has 0 aliphatic heterocycles. The van der Waals surface area contributed by atoms with Crippen LogP contribution in [-0.4, -0.2) is 9.97 Å². The Labute approximate surface area is 107 Å². The highest BCUT2D eigenvalue weighted by Gasteiger charge is 2.10. The van der Waals surface area contributed by atoms with Crippen LogP contribution < -0.4 is 5.73 Å². The predicted octanol–water partition coefficient (Wildman–Crippen LogP) is 3.39. The molecule has 90 valence electrons. The van der Waals surface area contributed by atoms with Crippen LogP contribution in [0.5, 0.6) is 0 Å². The minimum absolute atomic E-state index is 0.325. The van der Waals surface area contributed by atoms with E-state index in [1.807, 2.05) is 17.7 Å². The second kappa shape index (κ2) is 4.03. The number of nitrogen functional groups attached to an aromatic ring is 1. The number of fused-ring (bicyclic) bond motifs is 1. The molecule has 1 aromatic carbocycles. The van der Waals surface area contributed by atoms with Crippen LogP contribution in [0.2, 0.25) is 0 Å². The average molecular weight is 259 g/mol. The molecular formula is C13H10FN3S. The Morgan fingerprint density at radius 2 is 2.06 bits per heavy atom. The standard InChI is InChI=1S/C13H10FN3S/c1-7-5-18-6-10(7)13-16-11-4-8(14)2-3-9(11)12(15)17-13/h2-6H,1H3,(H2,15,16,17). The van der Waals surface area contributed by atoms with Gasteiger partial charge in [-0.15, -0.1) is 0 Å². The zero-order chi connectivity index (χ0) is 12.7. The summed E-state index contributed by atoms with van der Waals surface area (Å²) >= 11 is 1.58. The van der Waals surface area contributed by atoms with E-state index in [9.17, 15) is 4.39 Å². The number of rotatable bonds is 1. The molecule has 2 aromatic heterocycles. The first-order valence-corrected chi connectivity index (χ1v) is 6.35. The van der Waals surface area contributed by atoms with E-state index < -0.39 is 0 Å². The molecule has 0 amide bonds. The van der Waals surface area contributed by atoms with Gasteiger partial charge in [0, 0.05) is 22.4 Å². The third-order valence-corrected chi connectivity index (χ3v) is 3.65. The van der Waals surface area contributed by atoms with Gasteiger partial charge in [0.15, 0.2) is 5.82 Å². The molecule has 0 atom stereocenters. The first-order chi connectivity index (χ1) is 8.65. The van der Waals surface area contributed by atoms with Crippen LogP contribution in [0, 0.1) is 12.7 Å². The molecule has 0 unspecified atom stereocenters. The van der Waals surface area contributed by atoms with Crippen molar-refractivity contribution >= 4 is 28.1 Å². The Balaban J connectivity index is 2.30. The lowest BCUT2D eigenvalue weighted by molar-refractivity contribution is 0.629. The van der Waals surface area contributed by atoms with Crippen molar-refractivity contribution in [3.05, 3.63) is 40.3 Å². The topological polar surface area (TPSA) is 51.8 Å². The van der Waals surface area contributed by atoms with Crippen molar-refractivity contribution in [2.45, 2.75) is 6.92 Å². The monoisotopic (exact) mass is 259 g/mol. The molecule has 3 rings (SSSR count). The van der Waals surface area contributed by atoms with Crippen LogP contribution in [0.3, 0.4) is 0 Å². The fraction of sp³-hybridized carbons (Fsp3) is 0.0769. The largest absolute Gasteiger partial charge is 0.383 e. The molecule has 0 saturated heterocycles. The van der Waals surface area contributed by atoms with Crippen LogP contribution in [0.25, 0.3) is 22.3 Å². The number of hydrogen-bond acceptors (Lipinski definition) is 4. The summed E-state index contributed by atoms with van der Waals surface area (Å²) in [5.41, 5.74) is 8.46. The third kappa shape index (κ3) is 1.73. The average Bonchev–Trinajstić information content (AvgIpc) is 2.74. The Kier molecular flexibility index (Phi) is 2.48. The smallest absolute Gasteiger partial charge is 0.163 e. The number of aryl methyl sites for hydroxylation is 1. The van der Waals surface area contributed by atoms with Crippen molar-refractivity contribution in [2.24, 2.45) is 0 Å². The lowest BCUT2D eigenvalue weighted by atomic mass is 10.2. The molecule has 0 radical (unpaired) electrons. The maximum Gasteiger partial charge on any atom is 0.163 e. The molecule has 3 aromatic rings. The number of benzene rings is 1. The van der Waals surface area contributed by atoms with Crippen molar-refractivity contribution in [1.82, 2.24) is 9.97 Å². The highest BCUT2D eigenvalue weighted by molar-refractivity contribution is 7.08. The van der Waals surface area contributed by atoms with E-state index >= 15 is 0 Å². The molecular weight excluding hydrogens is 249 g/mol. The van der Waals surface area contributed by atoms with Gasteiger partial charge in [0.1, 0.15) is 11.6 Å². The number of aromatic nitrogens is 2. The van der Waals surface area contributed by atoms with E-state index in [0.717, 1.165) is 11.1 Å². The van der Waals surface area contributed by atoms with E-state index in [2.05, 4.69) is 9.97 Å². The van der Waals surface area contributed by atoms with Crippen molar-refractivity contribution in [3.8, 4) is 11.4 Å². The minimum atomic E-state index is -0.325. The summed E-state index contributed by atoms with van der Waals surface area (Å²) in [6.45, 7) is 1.99. The first-order valence-electron chi connectivity index (χ1n) is 5.41. The summed E-state index contributed by atoms with van der Waals surface area (Å²) in [6.07, 6.45) is 0. The van der Waals surface area contributed by atoms with E-state index in [4.69, 9.17) is 5.73 Å². The minimum Gasteiger partial charge on any atom is -0.383 e. The predicted molar refractivity (Wildman–Crippen MR) is 72.0 cm³/mol. The van der Waals surface area contributed by atoms with E-state index in [-0.39, 0.29) is 5.82 Å². The molecule has 0 bridgehead atoms. The molecule has 0 aliphatic carbocycles. The lowest BCUT2D eigenvalue weighted by Gasteiger charge is -2.05. The summed E-state index contributed by atoms with van der Waals surface area (Å²) in [4.78, 5) is 8.66. The number of anilines is 1. The van der Waals surface area contributed by atoms with Gasteiger partial charge in [-0.05, 0) is 30.0 Å². The quantitative estimate of drug-likeness (QED) is 0.728. The summed E-state index contributed by atoms with van der Waals surface area (Å²) in [7, 11) is 0. The maximum atomic E-state index is 13.2. The second-order valence-corrected chi connectivity index (χ2v) is 4.81. The summed E-state index contributed by atoms with van der Waals surface area (Å²) < 4.78 is 13.2. The first kappa shape index (κ1) is 11.1. The molecule has 0 spiro atoms. The SMILES string of the molecule is Cc1cscc1-c1nc(N)c2ccc(F)cc2n1. The van der Waals surface area contributed by atoms with Crippen LogP contribution in [-0.2, 0) is 0 Å². The van der Waals surface area contributed by atoms with Gasteiger partial charge in [0.2, 0.25) is 0 Å². The molecule has 0 aliphatic rings. The molecule has 3 nitrogen and oxygen atoms in total. The molecule has 0 fully saturated rings. The van der Waals surface area contributed by atoms with Gasteiger partial charge < -0.3 is 5.73 Å². The van der Waals surface area contributed by atoms with E-state index in [1.54, 1.807) is 17.4 Å². The van der Waals surface area contributed by atoms with Crippen molar-refractivity contribution in [2.75, 3.05) is 5.73 Å². The second-order valence-electron chi connectivity index (χ2n) is 4.06. The molecule has 2 heterocycles. The Bertz CT molecular complexity index is 736. The van der Waals surface area contributed by atoms with Crippen LogP contribution >= 0.6 is 11.3 Å². The number of nitrogens with two attached hydrogens (primary N) is 1. The zero-order valence-electron chi connectivity index (χ0n) is 9.64. The molecule has 18 heavy (non-hydrogen) atoms. The van der Waals surface area contributed by atoms with Gasteiger partial charge in [0.05, 0.1) is 5.52 Å². The summed E-state index contributed by atoms with van der Waals surface area (Å²) in [5, 5.41) is 4.66. The van der Waals surface area contributed by atoms with Gasteiger partial charge in [-0.1, -0.05) is 0 Å². The van der Waals surface area contributed by atoms with Gasteiger partial charge in [-0.3, -0.25) is 0 Å². The van der Waals surface area contributed by atoms with E-state index in [0.29, 0.717) is 22.5 Å². The van der Waals surface area contributed by atoms with Crippen LogP contribution in [0.15, 0.2) is 29.0 Å². The molecule has 2 N–H and O–H groups in total. The zero-order valence-corrected chi connectivity index (χ0v) is 10.5. The van der Waals surface area contributed by atoms with Crippen LogP contribution in [0.1, 0.15) is 5.56 Å². The highest BCUT2D eigenvalue weighted by atomic mass is 32.1. The van der Waals surface area contributed by atoms with Crippen molar-refractivity contribution in [3.63, 3.8) is 0 Å². The lowest BCUT2D eigenvalue weighted by Crippen LogP contribution is -1.98. The normalized spacial score (nSPS) is 11.0. The summed E-state index contributed by atoms with van der Waals surface area (Å²) in [6, 6.07) is 4.33. The van der Waals surface area contributed by atoms with Gasteiger partial charge in [0.25, 0.3) is 0 Å². The number of thiophene rings is 1. The number of halogens is 1. The number of hydrogen-bond donors (Lipinski definition) is 1.